The van der Waals surface area contributed by atoms with E-state index in [9.17, 15) is 29.7 Å². The van der Waals surface area contributed by atoms with Gasteiger partial charge in [0.15, 0.2) is 11.6 Å². The fourth-order valence-corrected chi connectivity index (χ4v) is 6.31. The first kappa shape index (κ1) is 22.5. The summed E-state index contributed by atoms with van der Waals surface area (Å²) >= 11 is 0. The molecule has 180 valence electrons. The Morgan fingerprint density at radius 1 is 1.21 bits per heavy atom. The number of halogens is 1. The quantitative estimate of drug-likeness (QED) is 0.316. The zero-order valence-electron chi connectivity index (χ0n) is 18.5. The van der Waals surface area contributed by atoms with Gasteiger partial charge < -0.3 is 26.8 Å². The number of ketones is 2. The zero-order valence-corrected chi connectivity index (χ0v) is 18.5. The van der Waals surface area contributed by atoms with Crippen molar-refractivity contribution in [1.29, 1.82) is 0 Å². The molecule has 1 amide bonds. The molecule has 0 spiro atoms. The van der Waals surface area contributed by atoms with Crippen LogP contribution in [0, 0.1) is 23.6 Å². The molecule has 1 aromatic rings. The van der Waals surface area contributed by atoms with Gasteiger partial charge in [-0.2, -0.15) is 0 Å². The first-order chi connectivity index (χ1) is 16.0. The van der Waals surface area contributed by atoms with Crippen LogP contribution < -0.4 is 11.5 Å². The van der Waals surface area contributed by atoms with Gasteiger partial charge in [0, 0.05) is 22.7 Å². The van der Waals surface area contributed by atoms with E-state index in [1.807, 2.05) is 11.9 Å². The summed E-state index contributed by atoms with van der Waals surface area (Å²) in [6.45, 7) is 0.799. The predicted octanol–water partition coefficient (Wildman–Crippen LogP) is 1.15. The number of aliphatic hydroxyl groups is 2. The number of nitrogens with two attached hydrogens (primary N) is 2. The Morgan fingerprint density at radius 2 is 1.91 bits per heavy atom. The molecule has 7 N–H and O–H groups in total. The van der Waals surface area contributed by atoms with E-state index in [1.165, 1.54) is 6.07 Å². The van der Waals surface area contributed by atoms with E-state index in [-0.39, 0.29) is 41.3 Å². The predicted molar refractivity (Wildman–Crippen MR) is 118 cm³/mol. The number of amides is 1. The number of primary amides is 1. The third kappa shape index (κ3) is 2.94. The minimum Gasteiger partial charge on any atom is -0.510 e. The Kier molecular flexibility index (Phi) is 5.07. The lowest BCUT2D eigenvalue weighted by Gasteiger charge is -2.43. The first-order valence-corrected chi connectivity index (χ1v) is 11.3. The van der Waals surface area contributed by atoms with Crippen LogP contribution in [-0.2, 0) is 20.8 Å². The van der Waals surface area contributed by atoms with E-state index in [1.54, 1.807) is 0 Å². The number of Topliss-reactive ketones (excluding diaryl/α,β-unsaturated/α-hetero) is 2. The molecule has 5 atom stereocenters. The van der Waals surface area contributed by atoms with Gasteiger partial charge in [0.05, 0.1) is 17.5 Å². The molecule has 5 rings (SSSR count). The molecule has 0 radical (unpaired) electrons. The average molecular weight is 471 g/mol. The highest BCUT2D eigenvalue weighted by Gasteiger charge is 2.54. The molecule has 1 aromatic carbocycles. The Labute approximate surface area is 194 Å². The highest BCUT2D eigenvalue weighted by molar-refractivity contribution is 6.28. The van der Waals surface area contributed by atoms with E-state index < -0.39 is 64.2 Å². The minimum atomic E-state index is -1.40. The number of aliphatic hydroxyl groups excluding tert-OH is 2. The van der Waals surface area contributed by atoms with E-state index in [2.05, 4.69) is 0 Å². The van der Waals surface area contributed by atoms with Gasteiger partial charge in [-0.05, 0) is 57.2 Å². The minimum absolute atomic E-state index is 0.0153. The third-order valence-electron chi connectivity index (χ3n) is 7.94. The molecule has 4 aliphatic rings. The Balaban J connectivity index is 1.63. The summed E-state index contributed by atoms with van der Waals surface area (Å²) < 4.78 is 15.7. The van der Waals surface area contributed by atoms with Crippen LogP contribution in [0.2, 0.25) is 0 Å². The third-order valence-corrected chi connectivity index (χ3v) is 7.94. The van der Waals surface area contributed by atoms with E-state index >= 15 is 4.39 Å². The van der Waals surface area contributed by atoms with E-state index in [0.29, 0.717) is 5.56 Å². The summed E-state index contributed by atoms with van der Waals surface area (Å²) in [5.74, 6) is -7.91. The Bertz CT molecular complexity index is 1220. The number of benzene rings is 1. The maximum atomic E-state index is 15.7. The van der Waals surface area contributed by atoms with Crippen molar-refractivity contribution >= 4 is 23.2 Å². The smallest absolute Gasteiger partial charge is 0.255 e. The second kappa shape index (κ2) is 7.64. The number of hydrogen-bond donors (Lipinski definition) is 5. The fraction of sp³-hybridized carbons (Fsp3) is 0.458. The lowest BCUT2D eigenvalue weighted by Crippen LogP contribution is -2.54. The largest absolute Gasteiger partial charge is 0.510 e. The van der Waals surface area contributed by atoms with Crippen LogP contribution in [0.15, 0.2) is 23.0 Å². The molecule has 1 saturated carbocycles. The number of hydrogen-bond acceptors (Lipinski definition) is 8. The molecule has 0 bridgehead atoms. The van der Waals surface area contributed by atoms with Crippen molar-refractivity contribution in [2.24, 2.45) is 29.2 Å². The number of carbonyl (C=O) groups is 3. The topological polar surface area (TPSA) is 167 Å². The zero-order chi connectivity index (χ0) is 24.6. The number of likely N-dealkylation sites (tertiary alicyclic amines) is 1. The standard InChI is InChI=1S/C24H26FN3O6/c1-28-4-2-3-12(28)9-7-13(29)15-10(18(9)25)5-8-6-11-16(21(31)14(8)20(15)30)22(32)17(24(27)34)23(33)19(11)26/h7-8,11-12,16,19,29-30,33H,2-6,26H2,1H3,(H2,27,34)/t8-,11+,12?,16+,19-/m0/s1. The monoisotopic (exact) mass is 471 g/mol. The SMILES string of the molecule is CN1CCCC1c1cc(O)c2c(c1F)C[C@H]1C[C@@H]3[C@@H](C(=O)C(C(N)=O)=C(O)[C@H]3N)C(=O)C1=C2O. The number of aromatic hydroxyl groups is 1. The summed E-state index contributed by atoms with van der Waals surface area (Å²) in [5, 5.41) is 32.1. The maximum absolute atomic E-state index is 15.7. The lowest BCUT2D eigenvalue weighted by atomic mass is 9.60. The second-order valence-corrected chi connectivity index (χ2v) is 9.71. The molecule has 2 fully saturated rings. The van der Waals surface area contributed by atoms with Crippen LogP contribution in [0.5, 0.6) is 5.75 Å². The molecule has 0 aromatic heterocycles. The van der Waals surface area contributed by atoms with Gasteiger partial charge in [0.2, 0.25) is 0 Å². The molecule has 34 heavy (non-hydrogen) atoms. The van der Waals surface area contributed by atoms with Crippen molar-refractivity contribution in [2.45, 2.75) is 37.8 Å². The highest BCUT2D eigenvalue weighted by atomic mass is 19.1. The molecule has 1 heterocycles. The summed E-state index contributed by atoms with van der Waals surface area (Å²) in [6.07, 6.45) is 1.74. The average Bonchev–Trinajstić information content (AvgIpc) is 3.19. The highest BCUT2D eigenvalue weighted by Crippen LogP contribution is 2.50. The fourth-order valence-electron chi connectivity index (χ4n) is 6.31. The Hall–Kier alpha value is -3.24. The van der Waals surface area contributed by atoms with Crippen molar-refractivity contribution < 1.29 is 34.1 Å². The first-order valence-electron chi connectivity index (χ1n) is 11.3. The second-order valence-electron chi connectivity index (χ2n) is 9.71. The molecule has 1 aliphatic heterocycles. The number of fused-ring (bicyclic) bond motifs is 3. The van der Waals surface area contributed by atoms with E-state index in [4.69, 9.17) is 11.5 Å². The van der Waals surface area contributed by atoms with Gasteiger partial charge in [-0.1, -0.05) is 0 Å². The molecular formula is C24H26FN3O6. The van der Waals surface area contributed by atoms with Crippen LogP contribution in [0.25, 0.3) is 5.76 Å². The Morgan fingerprint density at radius 3 is 2.53 bits per heavy atom. The summed E-state index contributed by atoms with van der Waals surface area (Å²) in [4.78, 5) is 40.1. The molecule has 10 heteroatoms. The van der Waals surface area contributed by atoms with Gasteiger partial charge >= 0.3 is 0 Å². The number of rotatable bonds is 2. The van der Waals surface area contributed by atoms with Crippen molar-refractivity contribution in [2.75, 3.05) is 13.6 Å². The summed E-state index contributed by atoms with van der Waals surface area (Å²) in [7, 11) is 1.88. The van der Waals surface area contributed by atoms with Gasteiger partial charge in [-0.25, -0.2) is 4.39 Å². The van der Waals surface area contributed by atoms with Gasteiger partial charge in [-0.15, -0.1) is 0 Å². The maximum Gasteiger partial charge on any atom is 0.255 e. The van der Waals surface area contributed by atoms with Gasteiger partial charge in [0.1, 0.15) is 28.7 Å². The van der Waals surface area contributed by atoms with Crippen LogP contribution in [0.4, 0.5) is 4.39 Å². The van der Waals surface area contributed by atoms with Crippen LogP contribution >= 0.6 is 0 Å². The number of allylic oxidation sites excluding steroid dienone is 1. The molecular weight excluding hydrogens is 445 g/mol. The van der Waals surface area contributed by atoms with Crippen molar-refractivity contribution in [3.63, 3.8) is 0 Å². The number of phenolic OH excluding ortho intramolecular Hbond substituents is 1. The summed E-state index contributed by atoms with van der Waals surface area (Å²) in [5.41, 5.74) is 10.8. The lowest BCUT2D eigenvalue weighted by molar-refractivity contribution is -0.135. The molecule has 3 aliphatic carbocycles. The van der Waals surface area contributed by atoms with Crippen molar-refractivity contribution in [3.05, 3.63) is 45.5 Å². The van der Waals surface area contributed by atoms with Crippen molar-refractivity contribution in [3.8, 4) is 5.75 Å². The van der Waals surface area contributed by atoms with Crippen LogP contribution in [-0.4, -0.2) is 57.3 Å². The van der Waals surface area contributed by atoms with Crippen LogP contribution in [0.1, 0.15) is 42.0 Å². The van der Waals surface area contributed by atoms with Crippen molar-refractivity contribution in [1.82, 2.24) is 4.90 Å². The molecule has 9 nitrogen and oxygen atoms in total. The van der Waals surface area contributed by atoms with Gasteiger partial charge in [-0.3, -0.25) is 19.3 Å². The van der Waals surface area contributed by atoms with Gasteiger partial charge in [0.25, 0.3) is 5.91 Å². The number of phenols is 1. The summed E-state index contributed by atoms with van der Waals surface area (Å²) in [6, 6.07) is -0.0997. The normalized spacial score (nSPS) is 31.4. The van der Waals surface area contributed by atoms with Crippen LogP contribution in [0.3, 0.4) is 0 Å². The van der Waals surface area contributed by atoms with E-state index in [0.717, 1.165) is 19.4 Å². The number of nitrogens with zero attached hydrogens (tertiary/aromatic N) is 1. The molecule has 1 saturated heterocycles. The molecule has 1 unspecified atom stereocenters. The number of carbonyl (C=O) groups excluding carboxylic acids is 3.